The third-order valence-electron chi connectivity index (χ3n) is 10.4. The van der Waals surface area contributed by atoms with Crippen molar-refractivity contribution in [2.75, 3.05) is 27.8 Å². The Kier molecular flexibility index (Phi) is 18.6. The molecule has 12 nitrogen and oxygen atoms in total. The number of esters is 1. The minimum absolute atomic E-state index is 0.0144. The van der Waals surface area contributed by atoms with Gasteiger partial charge in [0.2, 0.25) is 23.6 Å². The number of amides is 4. The van der Waals surface area contributed by atoms with E-state index in [1.165, 1.54) is 7.11 Å². The monoisotopic (exact) mass is 759 g/mol. The summed E-state index contributed by atoms with van der Waals surface area (Å²) >= 11 is 0. The maximum Gasteiger partial charge on any atom is 0.329 e. The zero-order valence-electron chi connectivity index (χ0n) is 35.3. The molecule has 1 aromatic rings. The highest BCUT2D eigenvalue weighted by Crippen LogP contribution is 2.30. The number of rotatable bonds is 20. The number of methoxy groups -OCH3 is 2. The van der Waals surface area contributed by atoms with Crippen LogP contribution in [0.5, 0.6) is 0 Å². The van der Waals surface area contributed by atoms with Gasteiger partial charge < -0.3 is 34.6 Å². The van der Waals surface area contributed by atoms with E-state index in [1.54, 1.807) is 51.7 Å². The van der Waals surface area contributed by atoms with E-state index < -0.39 is 53.9 Å². The fourth-order valence-electron chi connectivity index (χ4n) is 7.36. The number of carbonyl (C=O) groups is 5. The van der Waals surface area contributed by atoms with Gasteiger partial charge in [-0.3, -0.25) is 19.2 Å². The molecule has 4 amide bonds. The average Bonchev–Trinajstić information content (AvgIpc) is 3.58. The quantitative estimate of drug-likeness (QED) is 0.174. The normalized spacial score (nSPS) is 18.6. The molecule has 8 atom stereocenters. The highest BCUT2D eigenvalue weighted by atomic mass is 16.6. The van der Waals surface area contributed by atoms with Gasteiger partial charge in [0.15, 0.2) is 0 Å². The van der Waals surface area contributed by atoms with Crippen LogP contribution in [0.3, 0.4) is 0 Å². The molecule has 1 heterocycles. The Balaban J connectivity index is 2.29. The molecule has 0 aliphatic carbocycles. The van der Waals surface area contributed by atoms with E-state index in [0.29, 0.717) is 19.4 Å². The van der Waals surface area contributed by atoms with Crippen LogP contribution < -0.4 is 10.6 Å². The van der Waals surface area contributed by atoms with E-state index in [1.807, 2.05) is 71.9 Å². The lowest BCUT2D eigenvalue weighted by Gasteiger charge is -2.41. The molecule has 54 heavy (non-hydrogen) atoms. The van der Waals surface area contributed by atoms with Crippen molar-refractivity contribution < 1.29 is 38.2 Å². The summed E-state index contributed by atoms with van der Waals surface area (Å²) in [6.07, 6.45) is 1.42. The Bertz CT molecular complexity index is 1360. The summed E-state index contributed by atoms with van der Waals surface area (Å²) in [5.41, 5.74) is 0.140. The predicted octanol–water partition coefficient (Wildman–Crippen LogP) is 5.16. The number of nitrogens with zero attached hydrogens (tertiary/aromatic N) is 2. The lowest BCUT2D eigenvalue weighted by Crippen LogP contribution is -2.58. The van der Waals surface area contributed by atoms with Gasteiger partial charge in [-0.05, 0) is 56.9 Å². The number of nitrogens with one attached hydrogen (secondary N) is 2. The van der Waals surface area contributed by atoms with Crippen molar-refractivity contribution in [1.29, 1.82) is 0 Å². The summed E-state index contributed by atoms with van der Waals surface area (Å²) < 4.78 is 17.6. The third kappa shape index (κ3) is 13.7. The predicted molar refractivity (Wildman–Crippen MR) is 210 cm³/mol. The van der Waals surface area contributed by atoms with Crippen LogP contribution in [-0.2, 0) is 44.6 Å². The first kappa shape index (κ1) is 46.6. The number of carbonyl (C=O) groups excluding carboxylic acids is 5. The Labute approximate surface area is 324 Å². The van der Waals surface area contributed by atoms with Crippen LogP contribution in [0.1, 0.15) is 107 Å². The minimum atomic E-state index is -0.918. The highest BCUT2D eigenvalue weighted by Gasteiger charge is 2.43. The number of hydrogen-bond acceptors (Lipinski definition) is 8. The van der Waals surface area contributed by atoms with E-state index in [9.17, 15) is 24.0 Å². The molecule has 2 rings (SSSR count). The molecule has 12 heteroatoms. The first-order valence-electron chi connectivity index (χ1n) is 19.7. The average molecular weight is 759 g/mol. The molecular weight excluding hydrogens is 688 g/mol. The van der Waals surface area contributed by atoms with Gasteiger partial charge in [0.05, 0.1) is 36.6 Å². The summed E-state index contributed by atoms with van der Waals surface area (Å²) in [4.78, 5) is 71.5. The van der Waals surface area contributed by atoms with Crippen molar-refractivity contribution in [3.8, 4) is 0 Å². The first-order valence-corrected chi connectivity index (χ1v) is 19.7. The number of likely N-dealkylation sites (N-methyl/N-ethyl adjacent to an activating group) is 1. The van der Waals surface area contributed by atoms with E-state index >= 15 is 0 Å². The molecule has 1 aliphatic heterocycles. The number of likely N-dealkylation sites (tertiary alicyclic amines) is 1. The highest BCUT2D eigenvalue weighted by molar-refractivity contribution is 5.88. The van der Waals surface area contributed by atoms with Crippen LogP contribution in [-0.4, -0.2) is 109 Å². The molecular formula is C42H70N4O8. The molecule has 2 N–H and O–H groups in total. The van der Waals surface area contributed by atoms with Crippen molar-refractivity contribution in [2.24, 2.45) is 23.7 Å². The maximum atomic E-state index is 14.2. The van der Waals surface area contributed by atoms with Gasteiger partial charge in [-0.15, -0.1) is 0 Å². The second kappa shape index (κ2) is 21.5. The van der Waals surface area contributed by atoms with Crippen LogP contribution in [0.4, 0.5) is 0 Å². The minimum Gasteiger partial charge on any atom is -0.458 e. The summed E-state index contributed by atoms with van der Waals surface area (Å²) in [6.45, 7) is 19.4. The van der Waals surface area contributed by atoms with Gasteiger partial charge in [-0.2, -0.15) is 0 Å². The van der Waals surface area contributed by atoms with Crippen LogP contribution in [0.15, 0.2) is 30.3 Å². The zero-order chi connectivity index (χ0) is 40.9. The topological polar surface area (TPSA) is 144 Å². The number of benzene rings is 1. The SMILES string of the molecule is CC[C@H](C)[C@@H]([C@@H](CC(=O)N1CCC[C@H]1[C@H](OC)[C@@H](C)C(=O)NC(Cc1ccccc1)C(=O)OC(C)(C)C)OC)N(C)C(=O)[C@@H](NC(=O)CC(C)C)C(C)C. The van der Waals surface area contributed by atoms with E-state index in [2.05, 4.69) is 10.6 Å². The van der Waals surface area contributed by atoms with Crippen molar-refractivity contribution >= 4 is 29.6 Å². The molecule has 1 unspecified atom stereocenters. The Morgan fingerprint density at radius 1 is 0.926 bits per heavy atom. The standard InChI is InChI=1S/C42H70N4O8/c1-14-28(6)37(45(11)40(50)36(27(4)5)44-34(47)23-26(2)3)33(52-12)25-35(48)46-22-18-21-32(46)38(53-13)29(7)39(49)43-31(41(51)54-42(8,9)10)24-30-19-16-15-17-20-30/h15-17,19-20,26-29,31-33,36-38H,14,18,21-25H2,1-13H3,(H,43,49)(H,44,47)/t28-,29+,31?,32-,33+,36-,37-,38+/m0/s1. The van der Waals surface area contributed by atoms with Crippen LogP contribution >= 0.6 is 0 Å². The van der Waals surface area contributed by atoms with E-state index in [0.717, 1.165) is 18.4 Å². The molecule has 0 aromatic heterocycles. The zero-order valence-corrected chi connectivity index (χ0v) is 35.3. The number of hydrogen-bond donors (Lipinski definition) is 2. The van der Waals surface area contributed by atoms with Gasteiger partial charge in [0.1, 0.15) is 17.7 Å². The van der Waals surface area contributed by atoms with Gasteiger partial charge >= 0.3 is 5.97 Å². The Morgan fingerprint density at radius 3 is 2.07 bits per heavy atom. The van der Waals surface area contributed by atoms with Gasteiger partial charge in [-0.25, -0.2) is 4.79 Å². The van der Waals surface area contributed by atoms with Crippen molar-refractivity contribution in [3.63, 3.8) is 0 Å². The van der Waals surface area contributed by atoms with Gasteiger partial charge in [-0.1, -0.05) is 85.2 Å². The van der Waals surface area contributed by atoms with Crippen molar-refractivity contribution in [2.45, 2.75) is 150 Å². The smallest absolute Gasteiger partial charge is 0.329 e. The molecule has 0 bridgehead atoms. The molecule has 1 aliphatic rings. The Hall–Kier alpha value is -3.51. The lowest BCUT2D eigenvalue weighted by atomic mass is 9.89. The fraction of sp³-hybridized carbons (Fsp3) is 0.738. The van der Waals surface area contributed by atoms with Crippen LogP contribution in [0, 0.1) is 23.7 Å². The molecule has 0 saturated carbocycles. The lowest BCUT2D eigenvalue weighted by molar-refractivity contribution is -0.159. The molecule has 1 aromatic carbocycles. The van der Waals surface area contributed by atoms with E-state index in [-0.39, 0.29) is 54.2 Å². The van der Waals surface area contributed by atoms with Gasteiger partial charge in [0.25, 0.3) is 0 Å². The summed E-state index contributed by atoms with van der Waals surface area (Å²) in [6, 6.07) is 6.97. The summed E-state index contributed by atoms with van der Waals surface area (Å²) in [5, 5.41) is 5.87. The molecule has 1 fully saturated rings. The van der Waals surface area contributed by atoms with Gasteiger partial charge in [0, 0.05) is 40.7 Å². The van der Waals surface area contributed by atoms with Crippen molar-refractivity contribution in [3.05, 3.63) is 35.9 Å². The third-order valence-corrected chi connectivity index (χ3v) is 10.4. The molecule has 0 radical (unpaired) electrons. The molecule has 0 spiro atoms. The van der Waals surface area contributed by atoms with E-state index in [4.69, 9.17) is 14.2 Å². The largest absolute Gasteiger partial charge is 0.458 e. The maximum absolute atomic E-state index is 14.2. The van der Waals surface area contributed by atoms with Crippen molar-refractivity contribution in [1.82, 2.24) is 20.4 Å². The summed E-state index contributed by atoms with van der Waals surface area (Å²) in [7, 11) is 4.81. The molecule has 1 saturated heterocycles. The fourth-order valence-corrected chi connectivity index (χ4v) is 7.36. The first-order chi connectivity index (χ1) is 25.3. The Morgan fingerprint density at radius 2 is 1.56 bits per heavy atom. The van der Waals surface area contributed by atoms with Crippen LogP contribution in [0.2, 0.25) is 0 Å². The number of ether oxygens (including phenoxy) is 3. The second-order valence-electron chi connectivity index (χ2n) is 16.8. The van der Waals surface area contributed by atoms with Crippen LogP contribution in [0.25, 0.3) is 0 Å². The summed E-state index contributed by atoms with van der Waals surface area (Å²) in [5.74, 6) is -2.17. The molecule has 306 valence electrons. The second-order valence-corrected chi connectivity index (χ2v) is 16.8.